The summed E-state index contributed by atoms with van der Waals surface area (Å²) in [6.07, 6.45) is -2.25. The predicted molar refractivity (Wildman–Crippen MR) is 140 cm³/mol. The lowest BCUT2D eigenvalue weighted by atomic mass is 10.0. The molecule has 2 aromatic heterocycles. The van der Waals surface area contributed by atoms with Gasteiger partial charge in [0.1, 0.15) is 12.2 Å². The number of ether oxygens (including phenoxy) is 3. The highest BCUT2D eigenvalue weighted by molar-refractivity contribution is 6.33. The number of imidazole rings is 1. The second-order valence-electron chi connectivity index (χ2n) is 9.16. The molecule has 0 spiro atoms. The molecule has 2 aliphatic rings. The zero-order valence-corrected chi connectivity index (χ0v) is 20.8. The number of morpholine rings is 1. The van der Waals surface area contributed by atoms with E-state index in [-0.39, 0.29) is 19.2 Å². The van der Waals surface area contributed by atoms with Crippen LogP contribution in [0.25, 0.3) is 33.5 Å². The van der Waals surface area contributed by atoms with Crippen LogP contribution in [-0.2, 0) is 9.47 Å². The van der Waals surface area contributed by atoms with Gasteiger partial charge in [0, 0.05) is 24.3 Å². The molecular weight excluding hydrogens is 496 g/mol. The molecule has 4 heterocycles. The van der Waals surface area contributed by atoms with Crippen LogP contribution >= 0.6 is 11.6 Å². The summed E-state index contributed by atoms with van der Waals surface area (Å²) in [4.78, 5) is 14.4. The summed E-state index contributed by atoms with van der Waals surface area (Å²) in [5.74, 6) is 0. The van der Waals surface area contributed by atoms with Crippen LogP contribution in [0, 0.1) is 0 Å². The zero-order chi connectivity index (χ0) is 25.4. The number of halogens is 1. The van der Waals surface area contributed by atoms with E-state index < -0.39 is 18.3 Å². The molecule has 0 aliphatic carbocycles. The smallest absolute Gasteiger partial charge is 0.296 e. The van der Waals surface area contributed by atoms with Crippen molar-refractivity contribution in [3.63, 3.8) is 0 Å². The molecule has 192 valence electrons. The van der Waals surface area contributed by atoms with Gasteiger partial charge in [-0.15, -0.1) is 0 Å². The van der Waals surface area contributed by atoms with Crippen LogP contribution in [-0.4, -0.2) is 83.0 Å². The van der Waals surface area contributed by atoms with Gasteiger partial charge in [-0.2, -0.15) is 4.98 Å². The van der Waals surface area contributed by atoms with Crippen LogP contribution in [0.15, 0.2) is 54.6 Å². The minimum atomic E-state index is -0.945. The molecule has 6 rings (SSSR count). The van der Waals surface area contributed by atoms with Gasteiger partial charge in [0.25, 0.3) is 6.01 Å². The average Bonchev–Trinajstić information content (AvgIpc) is 3.50. The molecule has 2 aromatic carbocycles. The Bertz CT molecular complexity index is 1370. The fourth-order valence-corrected chi connectivity index (χ4v) is 4.98. The van der Waals surface area contributed by atoms with Gasteiger partial charge >= 0.3 is 0 Å². The first kappa shape index (κ1) is 24.1. The molecule has 3 unspecified atom stereocenters. The molecule has 0 bridgehead atoms. The summed E-state index contributed by atoms with van der Waals surface area (Å²) >= 11 is 6.57. The third-order valence-electron chi connectivity index (χ3n) is 6.82. The molecule has 4 aromatic rings. The highest BCUT2D eigenvalue weighted by Gasteiger charge is 2.37. The van der Waals surface area contributed by atoms with Gasteiger partial charge in [0.15, 0.2) is 11.8 Å². The Balaban J connectivity index is 1.19. The second kappa shape index (κ2) is 10.3. The third-order valence-corrected chi connectivity index (χ3v) is 7.11. The quantitative estimate of drug-likeness (QED) is 0.353. The van der Waals surface area contributed by atoms with Gasteiger partial charge in [0.2, 0.25) is 0 Å². The molecule has 0 amide bonds. The Morgan fingerprint density at radius 3 is 2.35 bits per heavy atom. The third kappa shape index (κ3) is 4.88. The lowest BCUT2D eigenvalue weighted by molar-refractivity contribution is -0.00390. The summed E-state index contributed by atoms with van der Waals surface area (Å²) in [5.41, 5.74) is 6.00. The number of benzene rings is 2. The van der Waals surface area contributed by atoms with Crippen LogP contribution in [0.2, 0.25) is 5.02 Å². The van der Waals surface area contributed by atoms with Crippen molar-refractivity contribution in [2.75, 3.05) is 44.4 Å². The summed E-state index contributed by atoms with van der Waals surface area (Å²) in [5, 5.41) is 19.9. The van der Waals surface area contributed by atoms with Crippen molar-refractivity contribution in [2.45, 2.75) is 18.3 Å². The number of fused-ring (bicyclic) bond motifs is 1. The number of hydrogen-bond donors (Lipinski definition) is 3. The van der Waals surface area contributed by atoms with Crippen molar-refractivity contribution in [1.82, 2.24) is 15.0 Å². The fraction of sp³-hybridized carbons (Fsp3) is 0.333. The minimum Gasteiger partial charge on any atom is -0.456 e. The van der Waals surface area contributed by atoms with E-state index in [0.717, 1.165) is 43.0 Å². The molecule has 2 fully saturated rings. The first-order valence-corrected chi connectivity index (χ1v) is 12.6. The van der Waals surface area contributed by atoms with Gasteiger partial charge < -0.3 is 34.3 Å². The molecule has 10 heteroatoms. The highest BCUT2D eigenvalue weighted by atomic mass is 35.5. The molecule has 3 N–H and O–H groups in total. The Hall–Kier alpha value is -3.21. The summed E-state index contributed by atoms with van der Waals surface area (Å²) < 4.78 is 16.5. The molecule has 2 saturated heterocycles. The SMILES string of the molecule is OCC1OCC(Oc2nc3nc(-c4ccc(-c5ccc(N6CCOCC6)cc5)cc4)c(Cl)cc3[nH]2)C1O. The minimum absolute atomic E-state index is 0.158. The van der Waals surface area contributed by atoms with E-state index in [1.54, 1.807) is 6.07 Å². The number of aromatic amines is 1. The van der Waals surface area contributed by atoms with Crippen LogP contribution in [0.3, 0.4) is 0 Å². The monoisotopic (exact) mass is 522 g/mol. The number of nitrogens with zero attached hydrogens (tertiary/aromatic N) is 3. The second-order valence-corrected chi connectivity index (χ2v) is 9.56. The van der Waals surface area contributed by atoms with E-state index in [9.17, 15) is 10.2 Å². The van der Waals surface area contributed by atoms with E-state index in [1.807, 2.05) is 12.1 Å². The number of rotatable bonds is 6. The first-order chi connectivity index (χ1) is 18.1. The van der Waals surface area contributed by atoms with Crippen LogP contribution in [0.4, 0.5) is 5.69 Å². The number of anilines is 1. The number of H-pyrrole nitrogens is 1. The standard InChI is InChI=1S/C27H27ClN4O5/c28-20-13-21-26(31-27(29-21)37-23-15-36-22(14-33)25(23)34)30-24(20)18-3-1-16(2-4-18)17-5-7-19(8-6-17)32-9-11-35-12-10-32/h1-8,13,22-23,25,33-34H,9-12,14-15H2,(H,29,30,31). The molecular formula is C27H27ClN4O5. The van der Waals surface area contributed by atoms with Crippen LogP contribution in [0.5, 0.6) is 6.01 Å². The van der Waals surface area contributed by atoms with Gasteiger partial charge in [-0.05, 0) is 29.3 Å². The maximum Gasteiger partial charge on any atom is 0.296 e. The molecule has 2 aliphatic heterocycles. The zero-order valence-electron chi connectivity index (χ0n) is 20.0. The Morgan fingerprint density at radius 2 is 1.68 bits per heavy atom. The number of aromatic nitrogens is 3. The van der Waals surface area contributed by atoms with Crippen LogP contribution in [0.1, 0.15) is 0 Å². The van der Waals surface area contributed by atoms with Gasteiger partial charge in [-0.3, -0.25) is 0 Å². The average molecular weight is 523 g/mol. The van der Waals surface area contributed by atoms with E-state index in [0.29, 0.717) is 21.9 Å². The van der Waals surface area contributed by atoms with Crippen molar-refractivity contribution in [3.8, 4) is 28.4 Å². The van der Waals surface area contributed by atoms with Crippen molar-refractivity contribution in [1.29, 1.82) is 0 Å². The molecule has 3 atom stereocenters. The molecule has 0 saturated carbocycles. The Morgan fingerprint density at radius 1 is 1.00 bits per heavy atom. The van der Waals surface area contributed by atoms with Crippen molar-refractivity contribution in [3.05, 3.63) is 59.6 Å². The topological polar surface area (TPSA) is 113 Å². The van der Waals surface area contributed by atoms with Gasteiger partial charge in [-0.25, -0.2) is 4.98 Å². The highest BCUT2D eigenvalue weighted by Crippen LogP contribution is 2.32. The van der Waals surface area contributed by atoms with Gasteiger partial charge in [-0.1, -0.05) is 48.0 Å². The number of hydrogen-bond acceptors (Lipinski definition) is 8. The maximum absolute atomic E-state index is 10.2. The largest absolute Gasteiger partial charge is 0.456 e. The maximum atomic E-state index is 10.2. The predicted octanol–water partition coefficient (Wildman–Crippen LogP) is 3.28. The van der Waals surface area contributed by atoms with E-state index >= 15 is 0 Å². The lowest BCUT2D eigenvalue weighted by Crippen LogP contribution is -2.36. The van der Waals surface area contributed by atoms with Crippen LogP contribution < -0.4 is 9.64 Å². The Labute approximate surface area is 218 Å². The number of aliphatic hydroxyl groups is 2. The molecule has 9 nitrogen and oxygen atoms in total. The van der Waals surface area contributed by atoms with Gasteiger partial charge in [0.05, 0.1) is 42.7 Å². The number of pyridine rings is 1. The van der Waals surface area contributed by atoms with E-state index in [2.05, 4.69) is 56.3 Å². The van der Waals surface area contributed by atoms with Crippen molar-refractivity contribution < 1.29 is 24.4 Å². The number of nitrogens with one attached hydrogen (secondary N) is 1. The normalized spacial score (nSPS) is 22.0. The number of aliphatic hydroxyl groups excluding tert-OH is 2. The Kier molecular flexibility index (Phi) is 6.71. The van der Waals surface area contributed by atoms with E-state index in [4.69, 9.17) is 25.8 Å². The summed E-state index contributed by atoms with van der Waals surface area (Å²) in [7, 11) is 0. The molecule has 37 heavy (non-hydrogen) atoms. The summed E-state index contributed by atoms with van der Waals surface area (Å²) in [6.45, 7) is 3.24. The lowest BCUT2D eigenvalue weighted by Gasteiger charge is -2.28. The van der Waals surface area contributed by atoms with Crippen molar-refractivity contribution >= 4 is 28.5 Å². The fourth-order valence-electron chi connectivity index (χ4n) is 4.72. The first-order valence-electron chi connectivity index (χ1n) is 12.3. The van der Waals surface area contributed by atoms with E-state index in [1.165, 1.54) is 5.69 Å². The van der Waals surface area contributed by atoms with Crippen molar-refractivity contribution in [2.24, 2.45) is 0 Å². The molecule has 0 radical (unpaired) electrons. The summed E-state index contributed by atoms with van der Waals surface area (Å²) in [6, 6.07) is 18.6.